The summed E-state index contributed by atoms with van der Waals surface area (Å²) in [5.41, 5.74) is 1.00. The molecule has 0 atom stereocenters. The summed E-state index contributed by atoms with van der Waals surface area (Å²) in [5.74, 6) is 0.355. The smallest absolute Gasteiger partial charge is 0.236 e. The van der Waals surface area contributed by atoms with Crippen molar-refractivity contribution in [1.29, 1.82) is 0 Å². The Morgan fingerprint density at radius 1 is 1.25 bits per heavy atom. The highest BCUT2D eigenvalue weighted by molar-refractivity contribution is 5.78. The first kappa shape index (κ1) is 18.7. The topological polar surface area (TPSA) is 64.0 Å². The van der Waals surface area contributed by atoms with E-state index in [0.29, 0.717) is 19.1 Å². The fraction of sp³-hybridized carbons (Fsp3) is 0.632. The largest absolute Gasteiger partial charge is 0.508 e. The number of rotatable bonds is 6. The lowest BCUT2D eigenvalue weighted by Crippen LogP contribution is -2.46. The van der Waals surface area contributed by atoms with Crippen LogP contribution in [0.15, 0.2) is 24.3 Å². The monoisotopic (exact) mass is 334 g/mol. The third kappa shape index (κ3) is 5.21. The molecule has 134 valence electrons. The first-order chi connectivity index (χ1) is 11.4. The van der Waals surface area contributed by atoms with Gasteiger partial charge in [0.1, 0.15) is 5.75 Å². The van der Waals surface area contributed by atoms with E-state index in [1.807, 2.05) is 33.0 Å². The zero-order chi connectivity index (χ0) is 17.7. The second-order valence-corrected chi connectivity index (χ2v) is 7.14. The summed E-state index contributed by atoms with van der Waals surface area (Å²) in [4.78, 5) is 16.5. The highest BCUT2D eigenvalue weighted by Crippen LogP contribution is 2.25. The Morgan fingerprint density at radius 3 is 2.50 bits per heavy atom. The van der Waals surface area contributed by atoms with Crippen molar-refractivity contribution in [2.24, 2.45) is 0 Å². The maximum Gasteiger partial charge on any atom is 0.236 e. The molecule has 0 saturated heterocycles. The van der Waals surface area contributed by atoms with Crippen molar-refractivity contribution in [3.63, 3.8) is 0 Å². The van der Waals surface area contributed by atoms with Crippen molar-refractivity contribution < 1.29 is 15.0 Å². The van der Waals surface area contributed by atoms with Gasteiger partial charge in [-0.05, 0) is 57.2 Å². The lowest BCUT2D eigenvalue weighted by atomic mass is 9.91. The highest BCUT2D eigenvalue weighted by Gasteiger charge is 2.27. The number of carbonyl (C=O) groups excluding carboxylic acids is 1. The zero-order valence-electron chi connectivity index (χ0n) is 15.0. The van der Waals surface area contributed by atoms with Crippen LogP contribution >= 0.6 is 0 Å². The van der Waals surface area contributed by atoms with Gasteiger partial charge in [0.05, 0.1) is 12.6 Å². The minimum atomic E-state index is -0.210. The average molecular weight is 334 g/mol. The van der Waals surface area contributed by atoms with Crippen molar-refractivity contribution >= 4 is 5.91 Å². The van der Waals surface area contributed by atoms with E-state index in [-0.39, 0.29) is 23.8 Å². The number of amides is 1. The number of carbonyl (C=O) groups is 1. The second-order valence-electron chi connectivity index (χ2n) is 7.14. The van der Waals surface area contributed by atoms with Gasteiger partial charge in [-0.2, -0.15) is 0 Å². The molecule has 5 heteroatoms. The maximum atomic E-state index is 12.5. The van der Waals surface area contributed by atoms with Gasteiger partial charge in [-0.15, -0.1) is 0 Å². The predicted molar refractivity (Wildman–Crippen MR) is 94.7 cm³/mol. The molecule has 5 nitrogen and oxygen atoms in total. The summed E-state index contributed by atoms with van der Waals surface area (Å²) in [7, 11) is 1.84. The Morgan fingerprint density at radius 2 is 1.92 bits per heavy atom. The van der Waals surface area contributed by atoms with Crippen LogP contribution in [0.5, 0.6) is 5.75 Å². The van der Waals surface area contributed by atoms with E-state index in [9.17, 15) is 15.0 Å². The van der Waals surface area contributed by atoms with Crippen LogP contribution in [0.2, 0.25) is 0 Å². The molecule has 1 aromatic carbocycles. The van der Waals surface area contributed by atoms with Crippen LogP contribution in [-0.4, -0.2) is 57.7 Å². The van der Waals surface area contributed by atoms with Gasteiger partial charge in [-0.25, -0.2) is 0 Å². The summed E-state index contributed by atoms with van der Waals surface area (Å²) in [6.45, 7) is 5.01. The number of phenols is 1. The highest BCUT2D eigenvalue weighted by atomic mass is 16.3. The van der Waals surface area contributed by atoms with Gasteiger partial charge in [0.2, 0.25) is 5.91 Å². The first-order valence-electron chi connectivity index (χ1n) is 8.82. The minimum Gasteiger partial charge on any atom is -0.508 e. The Bertz CT molecular complexity index is 539. The van der Waals surface area contributed by atoms with Gasteiger partial charge < -0.3 is 15.1 Å². The van der Waals surface area contributed by atoms with Crippen molar-refractivity contribution in [2.45, 2.75) is 64.3 Å². The van der Waals surface area contributed by atoms with E-state index in [0.717, 1.165) is 31.2 Å². The zero-order valence-corrected chi connectivity index (χ0v) is 15.0. The van der Waals surface area contributed by atoms with Gasteiger partial charge in [0, 0.05) is 25.7 Å². The average Bonchev–Trinajstić information content (AvgIpc) is 2.54. The SMILES string of the molecule is CC(C)N(C)C(=O)CN(Cc1cccc(O)c1)C1CCC(O)CC1. The molecule has 0 aromatic heterocycles. The van der Waals surface area contributed by atoms with Gasteiger partial charge in [-0.1, -0.05) is 12.1 Å². The molecule has 0 unspecified atom stereocenters. The number of aromatic hydroxyl groups is 1. The van der Waals surface area contributed by atoms with Crippen molar-refractivity contribution in [3.05, 3.63) is 29.8 Å². The lowest BCUT2D eigenvalue weighted by molar-refractivity contribution is -0.133. The van der Waals surface area contributed by atoms with E-state index >= 15 is 0 Å². The normalized spacial score (nSPS) is 21.2. The minimum absolute atomic E-state index is 0.108. The van der Waals surface area contributed by atoms with Gasteiger partial charge >= 0.3 is 0 Å². The summed E-state index contributed by atoms with van der Waals surface area (Å²) < 4.78 is 0. The molecule has 2 rings (SSSR count). The Hall–Kier alpha value is -1.59. The second kappa shape index (κ2) is 8.49. The predicted octanol–water partition coefficient (Wildman–Crippen LogP) is 2.36. The quantitative estimate of drug-likeness (QED) is 0.838. The van der Waals surface area contributed by atoms with Crippen LogP contribution in [0, 0.1) is 0 Å². The first-order valence-corrected chi connectivity index (χ1v) is 8.82. The number of likely N-dealkylation sites (N-methyl/N-ethyl adjacent to an activating group) is 1. The molecule has 0 heterocycles. The number of phenolic OH excluding ortho intramolecular Hbond substituents is 1. The van der Waals surface area contributed by atoms with Gasteiger partial charge in [0.25, 0.3) is 0 Å². The molecule has 0 spiro atoms. The van der Waals surface area contributed by atoms with Crippen LogP contribution in [0.4, 0.5) is 0 Å². The fourth-order valence-corrected chi connectivity index (χ4v) is 3.20. The lowest BCUT2D eigenvalue weighted by Gasteiger charge is -2.36. The van der Waals surface area contributed by atoms with E-state index in [1.54, 1.807) is 17.0 Å². The van der Waals surface area contributed by atoms with E-state index in [4.69, 9.17) is 0 Å². The van der Waals surface area contributed by atoms with Crippen LogP contribution < -0.4 is 0 Å². The van der Waals surface area contributed by atoms with E-state index in [2.05, 4.69) is 4.90 Å². The molecule has 0 radical (unpaired) electrons. The van der Waals surface area contributed by atoms with Gasteiger partial charge in [0.15, 0.2) is 0 Å². The number of benzene rings is 1. The molecule has 2 N–H and O–H groups in total. The number of aliphatic hydroxyl groups is 1. The van der Waals surface area contributed by atoms with Crippen LogP contribution in [-0.2, 0) is 11.3 Å². The molecule has 1 fully saturated rings. The summed E-state index contributed by atoms with van der Waals surface area (Å²) in [5, 5.41) is 19.4. The molecule has 0 aliphatic heterocycles. The molecule has 1 aliphatic carbocycles. The fourth-order valence-electron chi connectivity index (χ4n) is 3.20. The third-order valence-electron chi connectivity index (χ3n) is 4.99. The van der Waals surface area contributed by atoms with E-state index in [1.165, 1.54) is 0 Å². The molecule has 1 saturated carbocycles. The molecule has 0 bridgehead atoms. The van der Waals surface area contributed by atoms with Crippen molar-refractivity contribution in [3.8, 4) is 5.75 Å². The molecular formula is C19H30N2O3. The maximum absolute atomic E-state index is 12.5. The third-order valence-corrected chi connectivity index (χ3v) is 4.99. The Labute approximate surface area is 144 Å². The number of hydrogen-bond donors (Lipinski definition) is 2. The summed E-state index contributed by atoms with van der Waals surface area (Å²) in [6.07, 6.45) is 3.17. The molecular weight excluding hydrogens is 304 g/mol. The van der Waals surface area contributed by atoms with Crippen molar-refractivity contribution in [1.82, 2.24) is 9.80 Å². The molecule has 1 amide bonds. The van der Waals surface area contributed by atoms with Crippen LogP contribution in [0.25, 0.3) is 0 Å². The van der Waals surface area contributed by atoms with E-state index < -0.39 is 0 Å². The molecule has 1 aromatic rings. The van der Waals surface area contributed by atoms with Crippen LogP contribution in [0.3, 0.4) is 0 Å². The number of nitrogens with zero attached hydrogens (tertiary/aromatic N) is 2. The van der Waals surface area contributed by atoms with Crippen molar-refractivity contribution in [2.75, 3.05) is 13.6 Å². The Balaban J connectivity index is 2.10. The summed E-state index contributed by atoms with van der Waals surface area (Å²) >= 11 is 0. The molecule has 24 heavy (non-hydrogen) atoms. The summed E-state index contributed by atoms with van der Waals surface area (Å²) in [6, 6.07) is 7.67. The number of hydrogen-bond acceptors (Lipinski definition) is 4. The standard InChI is InChI=1S/C19H30N2O3/c1-14(2)20(3)19(24)13-21(16-7-9-17(22)10-8-16)12-15-5-4-6-18(23)11-15/h4-6,11,14,16-17,22-23H,7-10,12-13H2,1-3H3. The van der Waals surface area contributed by atoms with Gasteiger partial charge in [-0.3, -0.25) is 9.69 Å². The van der Waals surface area contributed by atoms with Crippen LogP contribution in [0.1, 0.15) is 45.1 Å². The molecule has 1 aliphatic rings. The Kier molecular flexibility index (Phi) is 6.63. The number of aliphatic hydroxyl groups excluding tert-OH is 1.